The molecule has 0 spiro atoms. The molecule has 1 aliphatic heterocycles. The fourth-order valence-corrected chi connectivity index (χ4v) is 3.66. The molecule has 0 radical (unpaired) electrons. The summed E-state index contributed by atoms with van der Waals surface area (Å²) in [6, 6.07) is 0. The summed E-state index contributed by atoms with van der Waals surface area (Å²) >= 11 is 0. The Hall–Kier alpha value is -2.71. The third-order valence-electron chi connectivity index (χ3n) is 5.54. The van der Waals surface area contributed by atoms with Crippen LogP contribution in [0.4, 0.5) is 10.3 Å². The number of amides is 1. The number of nitrogens with one attached hydrogen (secondary N) is 1. The fraction of sp³-hybridized carbons (Fsp3) is 0.579. The van der Waals surface area contributed by atoms with Crippen molar-refractivity contribution in [2.75, 3.05) is 31.1 Å². The Balaban J connectivity index is 1.36. The zero-order chi connectivity index (χ0) is 19.8. The molecule has 28 heavy (non-hydrogen) atoms. The molecule has 4 rings (SSSR count). The molecule has 0 unspecified atom stereocenters. The highest BCUT2D eigenvalue weighted by molar-refractivity contribution is 5.76. The van der Waals surface area contributed by atoms with E-state index >= 15 is 0 Å². The fourth-order valence-electron chi connectivity index (χ4n) is 3.66. The lowest BCUT2D eigenvalue weighted by Gasteiger charge is -2.35. The number of aryl methyl sites for hydroxylation is 2. The number of halogens is 1. The minimum atomic E-state index is -0.764. The van der Waals surface area contributed by atoms with Crippen molar-refractivity contribution in [3.05, 3.63) is 38.9 Å². The molecule has 1 aliphatic carbocycles. The largest absolute Gasteiger partial charge is 0.361 e. The lowest BCUT2D eigenvalue weighted by molar-refractivity contribution is -0.131. The molecule has 0 atom stereocenters. The Morgan fingerprint density at radius 1 is 1.25 bits per heavy atom. The Bertz CT molecular complexity index is 922. The molecule has 8 nitrogen and oxygen atoms in total. The van der Waals surface area contributed by atoms with E-state index in [-0.39, 0.29) is 17.5 Å². The van der Waals surface area contributed by atoms with Crippen LogP contribution in [-0.4, -0.2) is 52.1 Å². The summed E-state index contributed by atoms with van der Waals surface area (Å²) in [5, 5.41) is 3.92. The highest BCUT2D eigenvalue weighted by Crippen LogP contribution is 2.39. The first-order valence-corrected chi connectivity index (χ1v) is 9.68. The van der Waals surface area contributed by atoms with Gasteiger partial charge in [0.2, 0.25) is 17.7 Å². The van der Waals surface area contributed by atoms with Crippen molar-refractivity contribution in [2.24, 2.45) is 0 Å². The molecule has 150 valence electrons. The number of nitrogens with zero attached hydrogens (tertiary/aromatic N) is 4. The van der Waals surface area contributed by atoms with Gasteiger partial charge < -0.3 is 14.3 Å². The van der Waals surface area contributed by atoms with Crippen molar-refractivity contribution in [1.29, 1.82) is 0 Å². The van der Waals surface area contributed by atoms with E-state index in [1.807, 2.05) is 23.6 Å². The number of piperazine rings is 1. The first kappa shape index (κ1) is 18.6. The normalized spacial score (nSPS) is 17.2. The second kappa shape index (κ2) is 7.37. The number of aromatic amines is 1. The van der Waals surface area contributed by atoms with Crippen LogP contribution in [0.15, 0.2) is 9.32 Å². The number of hydrogen-bond acceptors (Lipinski definition) is 6. The summed E-state index contributed by atoms with van der Waals surface area (Å²) < 4.78 is 19.1. The van der Waals surface area contributed by atoms with Crippen molar-refractivity contribution in [1.82, 2.24) is 20.0 Å². The number of anilines is 1. The molecule has 3 heterocycles. The Kier molecular flexibility index (Phi) is 4.91. The topological polar surface area (TPSA) is 95.3 Å². The predicted octanol–water partition coefficient (Wildman–Crippen LogP) is 1.67. The van der Waals surface area contributed by atoms with Crippen molar-refractivity contribution >= 4 is 11.9 Å². The third-order valence-corrected chi connectivity index (χ3v) is 5.54. The predicted molar refractivity (Wildman–Crippen MR) is 99.9 cm³/mol. The summed E-state index contributed by atoms with van der Waals surface area (Å²) in [6.07, 6.45) is 2.76. The van der Waals surface area contributed by atoms with Gasteiger partial charge in [-0.15, -0.1) is 0 Å². The van der Waals surface area contributed by atoms with Crippen LogP contribution < -0.4 is 10.5 Å². The van der Waals surface area contributed by atoms with E-state index in [9.17, 15) is 14.0 Å². The monoisotopic (exact) mass is 389 g/mol. The Morgan fingerprint density at radius 2 is 1.96 bits per heavy atom. The van der Waals surface area contributed by atoms with E-state index in [0.717, 1.165) is 29.9 Å². The second-order valence-electron chi connectivity index (χ2n) is 7.53. The van der Waals surface area contributed by atoms with Gasteiger partial charge in [0.25, 0.3) is 5.56 Å². The van der Waals surface area contributed by atoms with E-state index < -0.39 is 11.4 Å². The summed E-state index contributed by atoms with van der Waals surface area (Å²) in [5.74, 6) is 0.538. The molecular formula is C19H24FN5O3. The lowest BCUT2D eigenvalue weighted by atomic mass is 10.1. The number of carbonyl (C=O) groups is 1. The van der Waals surface area contributed by atoms with Crippen LogP contribution in [0, 0.1) is 19.7 Å². The first-order valence-electron chi connectivity index (χ1n) is 9.68. The van der Waals surface area contributed by atoms with Crippen LogP contribution in [0.2, 0.25) is 0 Å². The van der Waals surface area contributed by atoms with Gasteiger partial charge in [0.15, 0.2) is 0 Å². The average Bonchev–Trinajstić information content (AvgIpc) is 3.48. The molecule has 2 aliphatic rings. The van der Waals surface area contributed by atoms with Gasteiger partial charge in [-0.1, -0.05) is 5.16 Å². The number of hydrogen-bond donors (Lipinski definition) is 1. The van der Waals surface area contributed by atoms with E-state index in [4.69, 9.17) is 4.52 Å². The van der Waals surface area contributed by atoms with Crippen LogP contribution >= 0.6 is 0 Å². The van der Waals surface area contributed by atoms with Crippen molar-refractivity contribution < 1.29 is 13.7 Å². The zero-order valence-electron chi connectivity index (χ0n) is 16.1. The number of aromatic nitrogens is 3. The first-order chi connectivity index (χ1) is 13.4. The lowest BCUT2D eigenvalue weighted by Crippen LogP contribution is -2.49. The maximum absolute atomic E-state index is 14.0. The highest BCUT2D eigenvalue weighted by atomic mass is 19.1. The SMILES string of the molecule is Cc1noc(C)c1CCC(=O)N1CCN(c2nc(C3CC3)c(F)c(=O)[nH]2)CC1. The molecule has 1 N–H and O–H groups in total. The van der Waals surface area contributed by atoms with Crippen molar-refractivity contribution in [3.63, 3.8) is 0 Å². The van der Waals surface area contributed by atoms with Gasteiger partial charge in [-0.25, -0.2) is 4.98 Å². The maximum Gasteiger partial charge on any atom is 0.288 e. The molecule has 2 fully saturated rings. The molecular weight excluding hydrogens is 365 g/mol. The molecule has 1 amide bonds. The highest BCUT2D eigenvalue weighted by Gasteiger charge is 2.31. The third kappa shape index (κ3) is 3.65. The summed E-state index contributed by atoms with van der Waals surface area (Å²) in [6.45, 7) is 5.92. The van der Waals surface area contributed by atoms with Gasteiger partial charge in [-0.05, 0) is 33.1 Å². The van der Waals surface area contributed by atoms with Crippen LogP contribution in [0.1, 0.15) is 47.9 Å². The van der Waals surface area contributed by atoms with Crippen molar-refractivity contribution in [3.8, 4) is 0 Å². The number of H-pyrrole nitrogens is 1. The van der Waals surface area contributed by atoms with Crippen LogP contribution in [-0.2, 0) is 11.2 Å². The molecule has 2 aromatic heterocycles. The minimum Gasteiger partial charge on any atom is -0.361 e. The minimum absolute atomic E-state index is 0.0632. The number of rotatable bonds is 5. The Labute approximate surface area is 161 Å². The van der Waals surface area contributed by atoms with Crippen LogP contribution in [0.25, 0.3) is 0 Å². The molecule has 0 bridgehead atoms. The van der Waals surface area contributed by atoms with Gasteiger partial charge in [-0.3, -0.25) is 14.6 Å². The molecule has 1 saturated heterocycles. The second-order valence-corrected chi connectivity index (χ2v) is 7.53. The van der Waals surface area contributed by atoms with Gasteiger partial charge in [0.1, 0.15) is 5.76 Å². The summed E-state index contributed by atoms with van der Waals surface area (Å²) in [4.78, 5) is 35.0. The molecule has 9 heteroatoms. The number of carbonyl (C=O) groups excluding carboxylic acids is 1. The van der Waals surface area contributed by atoms with Crippen LogP contribution in [0.3, 0.4) is 0 Å². The quantitative estimate of drug-likeness (QED) is 0.836. The molecule has 2 aromatic rings. The standard InChI is InChI=1S/C19H24FN5O3/c1-11-14(12(2)28-23-11)5-6-15(26)24-7-9-25(10-8-24)19-21-17(13-3-4-13)16(20)18(27)22-19/h13H,3-10H2,1-2H3,(H,21,22,27). The summed E-state index contributed by atoms with van der Waals surface area (Å²) in [7, 11) is 0. The summed E-state index contributed by atoms with van der Waals surface area (Å²) in [5.41, 5.74) is 1.38. The zero-order valence-corrected chi connectivity index (χ0v) is 16.1. The van der Waals surface area contributed by atoms with Gasteiger partial charge in [0.05, 0.1) is 11.4 Å². The van der Waals surface area contributed by atoms with E-state index in [1.165, 1.54) is 0 Å². The van der Waals surface area contributed by atoms with E-state index in [1.54, 1.807) is 0 Å². The van der Waals surface area contributed by atoms with Gasteiger partial charge in [0, 0.05) is 44.1 Å². The molecule has 1 saturated carbocycles. The smallest absolute Gasteiger partial charge is 0.288 e. The maximum atomic E-state index is 14.0. The van der Waals surface area contributed by atoms with E-state index in [2.05, 4.69) is 15.1 Å². The van der Waals surface area contributed by atoms with Crippen molar-refractivity contribution in [2.45, 2.75) is 45.4 Å². The Morgan fingerprint density at radius 3 is 2.57 bits per heavy atom. The molecule has 0 aromatic carbocycles. The van der Waals surface area contributed by atoms with Gasteiger partial charge in [-0.2, -0.15) is 4.39 Å². The van der Waals surface area contributed by atoms with E-state index in [0.29, 0.717) is 45.0 Å². The average molecular weight is 389 g/mol. The van der Waals surface area contributed by atoms with Gasteiger partial charge >= 0.3 is 0 Å². The van der Waals surface area contributed by atoms with Crippen LogP contribution in [0.5, 0.6) is 0 Å².